The van der Waals surface area contributed by atoms with Crippen LogP contribution in [0.2, 0.25) is 0 Å². The van der Waals surface area contributed by atoms with E-state index in [1.54, 1.807) is 0 Å². The molecule has 0 unspecified atom stereocenters. The van der Waals surface area contributed by atoms with E-state index in [1.807, 2.05) is 38.8 Å². The molecular weight excluding hydrogens is 250 g/mol. The highest BCUT2D eigenvalue weighted by Gasteiger charge is 2.09. The van der Waals surface area contributed by atoms with Gasteiger partial charge in [0.05, 0.1) is 14.3 Å². The average Bonchev–Trinajstić information content (AvgIpc) is 2.13. The summed E-state index contributed by atoms with van der Waals surface area (Å²) in [6.45, 7) is 7.27. The first-order valence-electron chi connectivity index (χ1n) is 5.81. The van der Waals surface area contributed by atoms with E-state index < -0.39 is 14.3 Å². The Morgan fingerprint density at radius 3 is 1.71 bits per heavy atom. The largest absolute Gasteiger partial charge is 0.324 e. The summed E-state index contributed by atoms with van der Waals surface area (Å²) in [4.78, 5) is 0. The second kappa shape index (κ2) is 5.55. The minimum absolute atomic E-state index is 0.660. The molecule has 4 heteroatoms. The van der Waals surface area contributed by atoms with Gasteiger partial charge in [-0.1, -0.05) is 24.3 Å². The van der Waals surface area contributed by atoms with Crippen molar-refractivity contribution in [3.05, 3.63) is 35.4 Å². The molecule has 0 aliphatic heterocycles. The van der Waals surface area contributed by atoms with Crippen molar-refractivity contribution in [1.29, 1.82) is 0 Å². The van der Waals surface area contributed by atoms with Crippen LogP contribution in [-0.2, 0) is 21.7 Å². The lowest BCUT2D eigenvalue weighted by Gasteiger charge is -2.09. The summed E-state index contributed by atoms with van der Waals surface area (Å²) in [7, 11) is -3.91. The Morgan fingerprint density at radius 2 is 1.29 bits per heavy atom. The molecule has 0 radical (unpaired) electrons. The van der Waals surface area contributed by atoms with Crippen molar-refractivity contribution in [1.82, 2.24) is 0 Å². The van der Waals surface area contributed by atoms with Gasteiger partial charge in [-0.05, 0) is 44.2 Å². The molecule has 1 aromatic rings. The summed E-state index contributed by atoms with van der Waals surface area (Å²) in [5.41, 5.74) is 2.33. The van der Waals surface area contributed by atoms with Crippen LogP contribution in [0.3, 0.4) is 0 Å². The van der Waals surface area contributed by atoms with Gasteiger partial charge in [-0.2, -0.15) is 0 Å². The number of hydrogen-bond donors (Lipinski definition) is 0. The van der Waals surface area contributed by atoms with Gasteiger partial charge in [0.15, 0.2) is 0 Å². The minimum atomic E-state index is -1.99. The molecule has 0 aromatic heterocycles. The predicted molar refractivity (Wildman–Crippen MR) is 77.6 cm³/mol. The molecule has 0 fully saturated rings. The molecule has 0 spiro atoms. The molecule has 0 atom stereocenters. The summed E-state index contributed by atoms with van der Waals surface area (Å²) in [5.74, 6) is 0. The fraction of sp³-hybridized carbons (Fsp3) is 0.538. The number of benzene rings is 1. The van der Waals surface area contributed by atoms with Crippen molar-refractivity contribution in [2.45, 2.75) is 12.6 Å². The molecule has 0 amide bonds. The van der Waals surface area contributed by atoms with Gasteiger partial charge in [0.2, 0.25) is 0 Å². The van der Waals surface area contributed by atoms with Gasteiger partial charge in [0.25, 0.3) is 0 Å². The molecule has 0 saturated heterocycles. The zero-order valence-corrected chi connectivity index (χ0v) is 12.9. The van der Waals surface area contributed by atoms with E-state index in [2.05, 4.69) is 12.1 Å². The Labute approximate surface area is 105 Å². The molecule has 0 aliphatic rings. The predicted octanol–water partition coefficient (Wildman–Crippen LogP) is 3.97. The summed E-state index contributed by atoms with van der Waals surface area (Å²) < 4.78 is 23.3. The Hall–Kier alpha value is -0.320. The van der Waals surface area contributed by atoms with E-state index in [9.17, 15) is 9.13 Å². The molecule has 1 rings (SSSR count). The van der Waals surface area contributed by atoms with E-state index in [0.717, 1.165) is 18.1 Å². The summed E-state index contributed by atoms with van der Waals surface area (Å²) in [5, 5.41) is 0. The smallest absolute Gasteiger partial charge is 0.0861 e. The SMILES string of the molecule is CP(C)(=O)CCc1ccc(CP(C)(C)=O)cc1. The zero-order chi connectivity index (χ0) is 13.1. The molecule has 0 N–H and O–H groups in total. The fourth-order valence-corrected chi connectivity index (χ4v) is 3.54. The van der Waals surface area contributed by atoms with Gasteiger partial charge in [-0.15, -0.1) is 0 Å². The lowest BCUT2D eigenvalue weighted by atomic mass is 10.1. The summed E-state index contributed by atoms with van der Waals surface area (Å²) in [6.07, 6.45) is 2.28. The maximum Gasteiger partial charge on any atom is 0.0861 e. The third-order valence-corrected chi connectivity index (χ3v) is 4.95. The van der Waals surface area contributed by atoms with E-state index in [1.165, 1.54) is 5.56 Å². The Balaban J connectivity index is 2.62. The topological polar surface area (TPSA) is 34.1 Å². The third kappa shape index (κ3) is 6.86. The van der Waals surface area contributed by atoms with Crippen LogP contribution in [0.4, 0.5) is 0 Å². The quantitative estimate of drug-likeness (QED) is 0.760. The molecule has 0 aliphatic carbocycles. The van der Waals surface area contributed by atoms with Gasteiger partial charge >= 0.3 is 0 Å². The molecule has 2 nitrogen and oxygen atoms in total. The standard InChI is InChI=1S/C13H22O2P2/c1-16(2,14)10-9-12-5-7-13(8-6-12)11-17(3,4)15/h5-8H,9-11H2,1-4H3. The molecule has 96 valence electrons. The highest BCUT2D eigenvalue weighted by Crippen LogP contribution is 2.40. The molecule has 1 aromatic carbocycles. The van der Waals surface area contributed by atoms with E-state index in [4.69, 9.17) is 0 Å². The first kappa shape index (κ1) is 14.7. The monoisotopic (exact) mass is 272 g/mol. The second-order valence-electron chi connectivity index (χ2n) is 5.60. The van der Waals surface area contributed by atoms with Crippen LogP contribution in [0.1, 0.15) is 11.1 Å². The maximum atomic E-state index is 11.7. The fourth-order valence-electron chi connectivity index (χ4n) is 1.65. The maximum absolute atomic E-state index is 11.7. The van der Waals surface area contributed by atoms with Crippen LogP contribution < -0.4 is 0 Å². The van der Waals surface area contributed by atoms with Gasteiger partial charge < -0.3 is 9.13 Å². The van der Waals surface area contributed by atoms with Crippen molar-refractivity contribution in [2.75, 3.05) is 32.8 Å². The number of hydrogen-bond acceptors (Lipinski definition) is 2. The first-order valence-corrected chi connectivity index (χ1v) is 11.4. The molecule has 0 heterocycles. The van der Waals surface area contributed by atoms with Crippen molar-refractivity contribution in [3.63, 3.8) is 0 Å². The highest BCUT2D eigenvalue weighted by molar-refractivity contribution is 7.62. The average molecular weight is 272 g/mol. The zero-order valence-electron chi connectivity index (χ0n) is 11.1. The normalized spacial score (nSPS) is 12.7. The Morgan fingerprint density at radius 1 is 0.824 bits per heavy atom. The summed E-state index contributed by atoms with van der Waals surface area (Å²) >= 11 is 0. The van der Waals surface area contributed by atoms with Gasteiger partial charge in [-0.25, -0.2) is 0 Å². The highest BCUT2D eigenvalue weighted by atomic mass is 31.2. The van der Waals surface area contributed by atoms with E-state index >= 15 is 0 Å². The third-order valence-electron chi connectivity index (χ3n) is 2.53. The van der Waals surface area contributed by atoms with Crippen LogP contribution in [0.5, 0.6) is 0 Å². The Kier molecular flexibility index (Phi) is 4.81. The van der Waals surface area contributed by atoms with Gasteiger partial charge in [-0.3, -0.25) is 0 Å². The second-order valence-corrected chi connectivity index (χ2v) is 12.7. The number of aryl methyl sites for hydroxylation is 1. The van der Waals surface area contributed by atoms with Crippen LogP contribution in [0, 0.1) is 0 Å². The van der Waals surface area contributed by atoms with E-state index in [-0.39, 0.29) is 0 Å². The molecule has 17 heavy (non-hydrogen) atoms. The molecule has 0 saturated carbocycles. The number of rotatable bonds is 5. The van der Waals surface area contributed by atoms with Crippen molar-refractivity contribution in [3.8, 4) is 0 Å². The van der Waals surface area contributed by atoms with Crippen LogP contribution in [0.15, 0.2) is 24.3 Å². The van der Waals surface area contributed by atoms with Gasteiger partial charge in [0.1, 0.15) is 0 Å². The van der Waals surface area contributed by atoms with Crippen molar-refractivity contribution >= 4 is 14.3 Å². The summed E-state index contributed by atoms with van der Waals surface area (Å²) in [6, 6.07) is 8.18. The molecule has 0 bridgehead atoms. The van der Waals surface area contributed by atoms with Crippen LogP contribution in [-0.4, -0.2) is 32.8 Å². The lowest BCUT2D eigenvalue weighted by molar-refractivity contribution is 0.581. The van der Waals surface area contributed by atoms with Crippen molar-refractivity contribution < 1.29 is 9.13 Å². The van der Waals surface area contributed by atoms with Crippen LogP contribution in [0.25, 0.3) is 0 Å². The molecular formula is C13H22O2P2. The Bertz CT molecular complexity index is 451. The first-order chi connectivity index (χ1) is 7.66. The van der Waals surface area contributed by atoms with Crippen LogP contribution >= 0.6 is 14.3 Å². The van der Waals surface area contributed by atoms with Gasteiger partial charge in [0, 0.05) is 12.3 Å². The lowest BCUT2D eigenvalue weighted by Crippen LogP contribution is -1.93. The minimum Gasteiger partial charge on any atom is -0.324 e. The van der Waals surface area contributed by atoms with E-state index in [0.29, 0.717) is 6.16 Å². The van der Waals surface area contributed by atoms with Crippen molar-refractivity contribution in [2.24, 2.45) is 0 Å².